The predicted octanol–water partition coefficient (Wildman–Crippen LogP) is 3.36. The van der Waals surface area contributed by atoms with Crippen molar-refractivity contribution in [3.8, 4) is 17.5 Å². The Hall–Kier alpha value is -4.36. The lowest BCUT2D eigenvalue weighted by Crippen LogP contribution is -2.28. The highest BCUT2D eigenvalue weighted by molar-refractivity contribution is 6.35. The summed E-state index contributed by atoms with van der Waals surface area (Å²) < 4.78 is 6.85. The molecule has 4 rings (SSSR count). The summed E-state index contributed by atoms with van der Waals surface area (Å²) >= 11 is 6.38. The lowest BCUT2D eigenvalue weighted by Gasteiger charge is -2.22. The zero-order chi connectivity index (χ0) is 24.6. The molecule has 2 aromatic heterocycles. The Kier molecular flexibility index (Phi) is 5.96. The predicted molar refractivity (Wildman–Crippen MR) is 131 cm³/mol. The van der Waals surface area contributed by atoms with Gasteiger partial charge in [0.05, 0.1) is 34.8 Å². The van der Waals surface area contributed by atoms with E-state index in [-0.39, 0.29) is 34.1 Å². The highest BCUT2D eigenvalue weighted by atomic mass is 35.5. The number of hydrogen-bond acceptors (Lipinski definition) is 9. The maximum absolute atomic E-state index is 13.8. The molecule has 4 aromatic rings. The Labute approximate surface area is 199 Å². The van der Waals surface area contributed by atoms with E-state index in [1.165, 1.54) is 4.57 Å². The molecule has 10 nitrogen and oxygen atoms in total. The van der Waals surface area contributed by atoms with Gasteiger partial charge in [-0.25, -0.2) is 4.98 Å². The van der Waals surface area contributed by atoms with Gasteiger partial charge in [-0.15, -0.1) is 0 Å². The fraction of sp³-hybridized carbons (Fsp3) is 0.174. The number of rotatable bonds is 5. The Bertz CT molecular complexity index is 1530. The molecule has 0 bridgehead atoms. The lowest BCUT2D eigenvalue weighted by atomic mass is 10.1. The van der Waals surface area contributed by atoms with Gasteiger partial charge in [0.2, 0.25) is 5.95 Å². The zero-order valence-corrected chi connectivity index (χ0v) is 19.4. The summed E-state index contributed by atoms with van der Waals surface area (Å²) in [6.45, 7) is 3.65. The summed E-state index contributed by atoms with van der Waals surface area (Å²) in [5, 5.41) is 13.2. The molecule has 0 saturated carbocycles. The van der Waals surface area contributed by atoms with Crippen molar-refractivity contribution < 1.29 is 4.74 Å². The van der Waals surface area contributed by atoms with Crippen LogP contribution in [0.5, 0.6) is 5.75 Å². The van der Waals surface area contributed by atoms with Crippen molar-refractivity contribution in [2.75, 3.05) is 23.9 Å². The number of nitrogens with zero attached hydrogens (tertiary/aromatic N) is 5. The molecular weight excluding hydrogens is 456 g/mol. The second-order valence-corrected chi connectivity index (χ2v) is 7.97. The number of hydrogen-bond donors (Lipinski definition) is 3. The number of halogens is 1. The summed E-state index contributed by atoms with van der Waals surface area (Å²) in [6.07, 6.45) is 0. The maximum atomic E-state index is 13.8. The number of anilines is 3. The molecule has 0 spiro atoms. The molecule has 172 valence electrons. The molecule has 11 heteroatoms. The second kappa shape index (κ2) is 8.88. The number of fused-ring (bicyclic) bond motifs is 1. The van der Waals surface area contributed by atoms with E-state index in [1.807, 2.05) is 19.1 Å². The molecule has 0 aliphatic carbocycles. The average molecular weight is 477 g/mol. The van der Waals surface area contributed by atoms with Crippen LogP contribution in [-0.2, 0) is 0 Å². The van der Waals surface area contributed by atoms with E-state index < -0.39 is 6.04 Å². The number of nitrogen functional groups attached to an aromatic ring is 2. The molecule has 0 aliphatic heterocycles. The number of aryl methyl sites for hydroxylation is 1. The molecular formula is C23H21ClN8O2. The van der Waals surface area contributed by atoms with E-state index >= 15 is 0 Å². The van der Waals surface area contributed by atoms with E-state index in [9.17, 15) is 10.1 Å². The van der Waals surface area contributed by atoms with Crippen molar-refractivity contribution in [3.05, 3.63) is 68.7 Å². The number of nitrogens with two attached hydrogens (primary N) is 2. The Morgan fingerprint density at radius 3 is 2.68 bits per heavy atom. The molecule has 1 atom stereocenters. The van der Waals surface area contributed by atoms with Gasteiger partial charge in [0.1, 0.15) is 29.0 Å². The van der Waals surface area contributed by atoms with Crippen molar-refractivity contribution in [2.24, 2.45) is 0 Å². The third kappa shape index (κ3) is 3.93. The van der Waals surface area contributed by atoms with Crippen LogP contribution in [-0.4, -0.2) is 26.6 Å². The first-order valence-electron chi connectivity index (χ1n) is 10.2. The third-order valence-corrected chi connectivity index (χ3v) is 5.65. The van der Waals surface area contributed by atoms with E-state index in [0.717, 1.165) is 5.56 Å². The van der Waals surface area contributed by atoms with Crippen molar-refractivity contribution in [1.29, 1.82) is 5.26 Å². The van der Waals surface area contributed by atoms with Crippen molar-refractivity contribution in [3.63, 3.8) is 0 Å². The molecule has 0 amide bonds. The van der Waals surface area contributed by atoms with Gasteiger partial charge in [-0.2, -0.15) is 15.2 Å². The first-order chi connectivity index (χ1) is 16.2. The smallest absolute Gasteiger partial charge is 0.267 e. The van der Waals surface area contributed by atoms with Crippen LogP contribution >= 0.6 is 11.6 Å². The SMILES string of the molecule is COc1ccc(C)c(-n2c([C@H](C)Nc3nc(N)nc(N)c3C#N)nc3cccc(Cl)c3c2=O)c1. The van der Waals surface area contributed by atoms with Crippen LogP contribution in [0.4, 0.5) is 17.6 Å². The van der Waals surface area contributed by atoms with Gasteiger partial charge in [-0.3, -0.25) is 9.36 Å². The fourth-order valence-corrected chi connectivity index (χ4v) is 3.92. The van der Waals surface area contributed by atoms with E-state index in [4.69, 9.17) is 32.8 Å². The van der Waals surface area contributed by atoms with E-state index in [2.05, 4.69) is 15.3 Å². The second-order valence-electron chi connectivity index (χ2n) is 7.57. The van der Waals surface area contributed by atoms with Gasteiger partial charge in [0, 0.05) is 6.07 Å². The Morgan fingerprint density at radius 2 is 1.97 bits per heavy atom. The lowest BCUT2D eigenvalue weighted by molar-refractivity contribution is 0.414. The summed E-state index contributed by atoms with van der Waals surface area (Å²) in [4.78, 5) is 26.5. The summed E-state index contributed by atoms with van der Waals surface area (Å²) in [5.41, 5.74) is 13.1. The van der Waals surface area contributed by atoms with Crippen molar-refractivity contribution in [2.45, 2.75) is 19.9 Å². The molecule has 0 unspecified atom stereocenters. The zero-order valence-electron chi connectivity index (χ0n) is 18.6. The van der Waals surface area contributed by atoms with Crippen LogP contribution in [0, 0.1) is 18.3 Å². The molecule has 0 aliphatic rings. The highest BCUT2D eigenvalue weighted by Gasteiger charge is 2.22. The normalized spacial score (nSPS) is 11.7. The largest absolute Gasteiger partial charge is 0.497 e. The molecule has 2 heterocycles. The number of aromatic nitrogens is 4. The first kappa shape index (κ1) is 22.8. The van der Waals surface area contributed by atoms with Crippen molar-refractivity contribution in [1.82, 2.24) is 19.5 Å². The van der Waals surface area contributed by atoms with Gasteiger partial charge >= 0.3 is 0 Å². The van der Waals surface area contributed by atoms with Gasteiger partial charge in [0.25, 0.3) is 5.56 Å². The van der Waals surface area contributed by atoms with Crippen LogP contribution in [0.3, 0.4) is 0 Å². The quantitative estimate of drug-likeness (QED) is 0.392. The Balaban J connectivity index is 1.99. The first-order valence-corrected chi connectivity index (χ1v) is 10.6. The minimum Gasteiger partial charge on any atom is -0.497 e. The summed E-state index contributed by atoms with van der Waals surface area (Å²) in [5.74, 6) is 0.918. The van der Waals surface area contributed by atoms with Gasteiger partial charge < -0.3 is 21.5 Å². The third-order valence-electron chi connectivity index (χ3n) is 5.34. The van der Waals surface area contributed by atoms with E-state index in [0.29, 0.717) is 27.8 Å². The van der Waals surface area contributed by atoms with Gasteiger partial charge in [-0.05, 0) is 37.6 Å². The molecule has 0 radical (unpaired) electrons. The number of methoxy groups -OCH3 is 1. The summed E-state index contributed by atoms with van der Waals surface area (Å²) in [6, 6.07) is 11.8. The molecule has 0 fully saturated rings. The highest BCUT2D eigenvalue weighted by Crippen LogP contribution is 2.28. The van der Waals surface area contributed by atoms with E-state index in [1.54, 1.807) is 44.4 Å². The number of nitriles is 1. The molecule has 34 heavy (non-hydrogen) atoms. The standard InChI is InChI=1S/C23H21ClN8O2/c1-11-7-8-13(34-3)9-17(11)32-21(29-16-6-4-5-15(24)18(16)22(32)33)12(2)28-20-14(10-25)19(26)30-23(27)31-20/h4-9,12H,1-3H3,(H5,26,27,28,30,31)/t12-/m0/s1. The number of benzene rings is 2. The molecule has 5 N–H and O–H groups in total. The van der Waals surface area contributed by atoms with Crippen LogP contribution < -0.4 is 27.1 Å². The van der Waals surface area contributed by atoms with Crippen LogP contribution in [0.15, 0.2) is 41.2 Å². The van der Waals surface area contributed by atoms with Gasteiger partial charge in [-0.1, -0.05) is 23.7 Å². The molecule has 0 saturated heterocycles. The topological polar surface area (TPSA) is 158 Å². The van der Waals surface area contributed by atoms with Gasteiger partial charge in [0.15, 0.2) is 5.82 Å². The van der Waals surface area contributed by atoms with Crippen molar-refractivity contribution >= 4 is 40.1 Å². The summed E-state index contributed by atoms with van der Waals surface area (Å²) in [7, 11) is 1.55. The molecule has 2 aromatic carbocycles. The van der Waals surface area contributed by atoms with Crippen LogP contribution in [0.25, 0.3) is 16.6 Å². The monoisotopic (exact) mass is 476 g/mol. The number of nitrogens with one attached hydrogen (secondary N) is 1. The minimum absolute atomic E-state index is 0.0383. The number of ether oxygens (including phenoxy) is 1. The van der Waals surface area contributed by atoms with Crippen LogP contribution in [0.1, 0.15) is 29.9 Å². The Morgan fingerprint density at radius 1 is 1.21 bits per heavy atom. The fourth-order valence-electron chi connectivity index (χ4n) is 3.67. The maximum Gasteiger partial charge on any atom is 0.267 e. The average Bonchev–Trinajstić information content (AvgIpc) is 2.79. The minimum atomic E-state index is -0.609. The van der Waals surface area contributed by atoms with Crippen LogP contribution in [0.2, 0.25) is 5.02 Å².